The normalized spacial score (nSPS) is 17.1. The van der Waals surface area contributed by atoms with Gasteiger partial charge in [0.1, 0.15) is 10.3 Å². The van der Waals surface area contributed by atoms with E-state index in [1.54, 1.807) is 18.2 Å². The molecule has 1 amide bonds. The summed E-state index contributed by atoms with van der Waals surface area (Å²) in [6.45, 7) is 2.71. The number of aromatic nitrogens is 1. The van der Waals surface area contributed by atoms with Crippen LogP contribution in [0.3, 0.4) is 0 Å². The van der Waals surface area contributed by atoms with E-state index in [4.69, 9.17) is 4.74 Å². The van der Waals surface area contributed by atoms with Crippen LogP contribution in [-0.4, -0.2) is 42.2 Å². The number of carbonyl (C=O) groups excluding carboxylic acids is 1. The Morgan fingerprint density at radius 3 is 2.88 bits per heavy atom. The molecule has 1 aromatic rings. The molecule has 1 fully saturated rings. The van der Waals surface area contributed by atoms with Gasteiger partial charge in [-0.25, -0.2) is 9.99 Å². The van der Waals surface area contributed by atoms with E-state index in [0.29, 0.717) is 36.6 Å². The van der Waals surface area contributed by atoms with E-state index in [-0.39, 0.29) is 5.91 Å². The highest BCUT2D eigenvalue weighted by atomic mass is 79.9. The summed E-state index contributed by atoms with van der Waals surface area (Å²) in [6.07, 6.45) is 0. The molecular formula is C10H12BrN3O2. The Morgan fingerprint density at radius 1 is 1.44 bits per heavy atom. The van der Waals surface area contributed by atoms with Crippen LogP contribution in [0.15, 0.2) is 22.8 Å². The minimum atomic E-state index is -0.191. The maximum Gasteiger partial charge on any atom is 0.284 e. The number of morpholine rings is 1. The Bertz CT molecular complexity index is 380. The number of hydrogen-bond acceptors (Lipinski definition) is 4. The van der Waals surface area contributed by atoms with Crippen molar-refractivity contribution in [1.82, 2.24) is 15.4 Å². The molecule has 2 heterocycles. The molecule has 1 aliphatic heterocycles. The fraction of sp³-hybridized carbons (Fsp3) is 0.400. The fourth-order valence-corrected chi connectivity index (χ4v) is 1.75. The van der Waals surface area contributed by atoms with Crippen LogP contribution < -0.4 is 5.43 Å². The molecule has 0 saturated carbocycles. The lowest BCUT2D eigenvalue weighted by atomic mass is 10.3. The van der Waals surface area contributed by atoms with E-state index < -0.39 is 0 Å². The quantitative estimate of drug-likeness (QED) is 0.818. The van der Waals surface area contributed by atoms with Crippen LogP contribution in [0.1, 0.15) is 10.5 Å². The highest BCUT2D eigenvalue weighted by Crippen LogP contribution is 2.06. The molecule has 5 nitrogen and oxygen atoms in total. The van der Waals surface area contributed by atoms with Gasteiger partial charge in [0.2, 0.25) is 0 Å². The second kappa shape index (κ2) is 5.38. The molecule has 1 aliphatic rings. The van der Waals surface area contributed by atoms with Gasteiger partial charge >= 0.3 is 0 Å². The molecule has 0 unspecified atom stereocenters. The number of nitrogens with one attached hydrogen (secondary N) is 1. The Labute approximate surface area is 102 Å². The predicted octanol–water partition coefficient (Wildman–Crippen LogP) is 0.821. The molecule has 1 saturated heterocycles. The van der Waals surface area contributed by atoms with Gasteiger partial charge in [0.05, 0.1) is 13.2 Å². The third-order valence-corrected chi connectivity index (χ3v) is 2.66. The van der Waals surface area contributed by atoms with Gasteiger partial charge in [0.15, 0.2) is 0 Å². The zero-order valence-corrected chi connectivity index (χ0v) is 10.2. The number of carbonyl (C=O) groups is 1. The van der Waals surface area contributed by atoms with Gasteiger partial charge < -0.3 is 4.74 Å². The minimum absolute atomic E-state index is 0.191. The van der Waals surface area contributed by atoms with E-state index in [1.165, 1.54) is 0 Å². The van der Waals surface area contributed by atoms with Crippen LogP contribution in [0.4, 0.5) is 0 Å². The maximum atomic E-state index is 11.8. The summed E-state index contributed by atoms with van der Waals surface area (Å²) in [4.78, 5) is 15.9. The summed E-state index contributed by atoms with van der Waals surface area (Å²) in [5.74, 6) is -0.191. The second-order valence-electron chi connectivity index (χ2n) is 3.39. The number of pyridine rings is 1. The van der Waals surface area contributed by atoms with Gasteiger partial charge in [-0.2, -0.15) is 0 Å². The first-order valence-corrected chi connectivity index (χ1v) is 5.81. The highest BCUT2D eigenvalue weighted by molar-refractivity contribution is 9.10. The molecule has 86 valence electrons. The number of hydrogen-bond donors (Lipinski definition) is 1. The maximum absolute atomic E-state index is 11.8. The third-order valence-electron chi connectivity index (χ3n) is 2.22. The van der Waals surface area contributed by atoms with Crippen molar-refractivity contribution in [2.24, 2.45) is 0 Å². The van der Waals surface area contributed by atoms with Crippen LogP contribution in [0.2, 0.25) is 0 Å². The Kier molecular flexibility index (Phi) is 3.87. The number of nitrogens with zero attached hydrogens (tertiary/aromatic N) is 2. The Balaban J connectivity index is 1.97. The summed E-state index contributed by atoms with van der Waals surface area (Å²) in [5, 5.41) is 1.84. The molecule has 2 rings (SSSR count). The molecule has 0 atom stereocenters. The minimum Gasteiger partial charge on any atom is -0.379 e. The summed E-state index contributed by atoms with van der Waals surface area (Å²) in [7, 11) is 0. The van der Waals surface area contributed by atoms with E-state index in [9.17, 15) is 4.79 Å². The average molecular weight is 286 g/mol. The van der Waals surface area contributed by atoms with Crippen LogP contribution in [-0.2, 0) is 4.74 Å². The lowest BCUT2D eigenvalue weighted by molar-refractivity contribution is 0.0124. The summed E-state index contributed by atoms with van der Waals surface area (Å²) in [6, 6.07) is 5.25. The molecule has 0 radical (unpaired) electrons. The van der Waals surface area contributed by atoms with Crippen molar-refractivity contribution < 1.29 is 9.53 Å². The zero-order chi connectivity index (χ0) is 11.4. The molecule has 0 aromatic carbocycles. The molecule has 16 heavy (non-hydrogen) atoms. The molecule has 0 spiro atoms. The lowest BCUT2D eigenvalue weighted by Crippen LogP contribution is -2.48. The van der Waals surface area contributed by atoms with Gasteiger partial charge in [0, 0.05) is 13.1 Å². The molecule has 1 N–H and O–H groups in total. The third kappa shape index (κ3) is 3.01. The first-order valence-electron chi connectivity index (χ1n) is 5.02. The van der Waals surface area contributed by atoms with Crippen LogP contribution in [0.25, 0.3) is 0 Å². The van der Waals surface area contributed by atoms with Gasteiger partial charge in [-0.15, -0.1) is 0 Å². The van der Waals surface area contributed by atoms with Crippen LogP contribution >= 0.6 is 15.9 Å². The lowest BCUT2D eigenvalue weighted by Gasteiger charge is -2.26. The van der Waals surface area contributed by atoms with E-state index in [1.807, 2.05) is 5.01 Å². The zero-order valence-electron chi connectivity index (χ0n) is 8.65. The number of rotatable bonds is 2. The monoisotopic (exact) mass is 285 g/mol. The van der Waals surface area contributed by atoms with E-state index in [0.717, 1.165) is 0 Å². The SMILES string of the molecule is O=C(NN1CCOCC1)c1cccc(Br)n1. The van der Waals surface area contributed by atoms with Crippen molar-refractivity contribution in [3.63, 3.8) is 0 Å². The molecule has 6 heteroatoms. The van der Waals surface area contributed by atoms with Gasteiger partial charge in [-0.1, -0.05) is 6.07 Å². The van der Waals surface area contributed by atoms with Gasteiger partial charge in [-0.05, 0) is 28.1 Å². The second-order valence-corrected chi connectivity index (χ2v) is 4.20. The summed E-state index contributed by atoms with van der Waals surface area (Å²) >= 11 is 3.23. The molecule has 0 bridgehead atoms. The smallest absolute Gasteiger partial charge is 0.284 e. The van der Waals surface area contributed by atoms with Crippen molar-refractivity contribution in [1.29, 1.82) is 0 Å². The fourth-order valence-electron chi connectivity index (χ4n) is 1.41. The van der Waals surface area contributed by atoms with Gasteiger partial charge in [-0.3, -0.25) is 10.2 Å². The first-order chi connectivity index (χ1) is 7.75. The number of amides is 1. The topological polar surface area (TPSA) is 54.5 Å². The van der Waals surface area contributed by atoms with Crippen LogP contribution in [0, 0.1) is 0 Å². The summed E-state index contributed by atoms with van der Waals surface area (Å²) < 4.78 is 5.84. The van der Waals surface area contributed by atoms with Crippen molar-refractivity contribution in [3.05, 3.63) is 28.5 Å². The highest BCUT2D eigenvalue weighted by Gasteiger charge is 2.14. The predicted molar refractivity (Wildman–Crippen MR) is 61.8 cm³/mol. The van der Waals surface area contributed by atoms with Gasteiger partial charge in [0.25, 0.3) is 5.91 Å². The standard InChI is InChI=1S/C10H12BrN3O2/c11-9-3-1-2-8(12-9)10(15)13-14-4-6-16-7-5-14/h1-3H,4-7H2,(H,13,15). The number of halogens is 1. The Hall–Kier alpha value is -0.980. The van der Waals surface area contributed by atoms with Crippen molar-refractivity contribution in [3.8, 4) is 0 Å². The van der Waals surface area contributed by atoms with E-state index >= 15 is 0 Å². The molecule has 1 aromatic heterocycles. The Morgan fingerprint density at radius 2 is 2.19 bits per heavy atom. The van der Waals surface area contributed by atoms with Crippen molar-refractivity contribution >= 4 is 21.8 Å². The first kappa shape index (κ1) is 11.5. The van der Waals surface area contributed by atoms with Crippen molar-refractivity contribution in [2.75, 3.05) is 26.3 Å². The number of ether oxygens (including phenoxy) is 1. The average Bonchev–Trinajstić information content (AvgIpc) is 2.30. The molecule has 0 aliphatic carbocycles. The van der Waals surface area contributed by atoms with E-state index in [2.05, 4.69) is 26.3 Å². The summed E-state index contributed by atoms with van der Waals surface area (Å²) in [5.41, 5.74) is 3.20. The largest absolute Gasteiger partial charge is 0.379 e. The number of hydrazine groups is 1. The molecular weight excluding hydrogens is 274 g/mol. The van der Waals surface area contributed by atoms with Crippen LogP contribution in [0.5, 0.6) is 0 Å². The van der Waals surface area contributed by atoms with Crippen molar-refractivity contribution in [2.45, 2.75) is 0 Å².